The Labute approximate surface area is 143 Å². The van der Waals surface area contributed by atoms with Gasteiger partial charge in [-0.15, -0.1) is 0 Å². The molecule has 24 heavy (non-hydrogen) atoms. The zero-order valence-corrected chi connectivity index (χ0v) is 14.6. The Balaban J connectivity index is -0.000000458. The molecule has 0 radical (unpaired) electrons. The van der Waals surface area contributed by atoms with E-state index < -0.39 is 5.97 Å². The molecule has 0 saturated heterocycles. The van der Waals surface area contributed by atoms with Crippen molar-refractivity contribution in [2.45, 2.75) is 0 Å². The van der Waals surface area contributed by atoms with Crippen LogP contribution in [0.3, 0.4) is 0 Å². The minimum atomic E-state index is -0.981. The molecule has 0 amide bonds. The smallest absolute Gasteiger partial charge is 0.327 e. The molecule has 0 aliphatic rings. The van der Waals surface area contributed by atoms with E-state index in [0.717, 1.165) is 6.08 Å². The maximum atomic E-state index is 9.25. The van der Waals surface area contributed by atoms with Crippen molar-refractivity contribution in [2.75, 3.05) is 80.3 Å². The van der Waals surface area contributed by atoms with E-state index in [1.54, 1.807) is 14.2 Å². The standard InChI is InChI=1S/C10H22O6.C3H4O2.C2H6O/c11-1-3-13-5-7-15-9-10-16-8-6-14-4-2-12;1-2-3(4)5;1-3-2/h11-12H,1-10H2;2H,1H2,(H,4,5);1-2H3. The van der Waals surface area contributed by atoms with E-state index >= 15 is 0 Å². The SMILES string of the molecule is C=CC(=O)O.COC.OCCOCCOCCOCCOCCO. The maximum absolute atomic E-state index is 9.25. The highest BCUT2D eigenvalue weighted by Crippen LogP contribution is 1.82. The van der Waals surface area contributed by atoms with Gasteiger partial charge in [0.05, 0.1) is 66.1 Å². The number of aliphatic hydroxyl groups excluding tert-OH is 2. The van der Waals surface area contributed by atoms with Crippen LogP contribution in [-0.4, -0.2) is 102 Å². The van der Waals surface area contributed by atoms with E-state index in [2.05, 4.69) is 11.3 Å². The van der Waals surface area contributed by atoms with Crippen LogP contribution in [0.1, 0.15) is 0 Å². The number of ether oxygens (including phenoxy) is 5. The molecule has 3 N–H and O–H groups in total. The summed E-state index contributed by atoms with van der Waals surface area (Å²) in [5, 5.41) is 24.4. The number of hydrogen-bond donors (Lipinski definition) is 3. The lowest BCUT2D eigenvalue weighted by Gasteiger charge is -2.06. The topological polar surface area (TPSA) is 124 Å². The van der Waals surface area contributed by atoms with Crippen LogP contribution < -0.4 is 0 Å². The van der Waals surface area contributed by atoms with E-state index in [0.29, 0.717) is 52.9 Å². The monoisotopic (exact) mass is 356 g/mol. The molecule has 0 aromatic heterocycles. The predicted octanol–water partition coefficient (Wildman–Crippen LogP) is -0.443. The fourth-order valence-corrected chi connectivity index (χ4v) is 0.891. The molecular formula is C15H32O9. The normalized spacial score (nSPS) is 9.33. The number of hydrogen-bond acceptors (Lipinski definition) is 8. The molecule has 0 unspecified atom stereocenters. The largest absolute Gasteiger partial charge is 0.478 e. The summed E-state index contributed by atoms with van der Waals surface area (Å²) in [6.07, 6.45) is 0.833. The highest BCUT2D eigenvalue weighted by Gasteiger charge is 1.91. The maximum Gasteiger partial charge on any atom is 0.327 e. The molecule has 0 saturated carbocycles. The van der Waals surface area contributed by atoms with Crippen LogP contribution in [0.15, 0.2) is 12.7 Å². The molecule has 0 heterocycles. The van der Waals surface area contributed by atoms with Crippen LogP contribution in [0.25, 0.3) is 0 Å². The average molecular weight is 356 g/mol. The van der Waals surface area contributed by atoms with Crippen LogP contribution >= 0.6 is 0 Å². The molecule has 0 aromatic rings. The first kappa shape index (κ1) is 27.8. The second kappa shape index (κ2) is 29.9. The number of aliphatic carboxylic acids is 1. The zero-order valence-electron chi connectivity index (χ0n) is 14.6. The van der Waals surface area contributed by atoms with Gasteiger partial charge >= 0.3 is 5.97 Å². The molecule has 0 aliphatic heterocycles. The fourth-order valence-electron chi connectivity index (χ4n) is 0.891. The van der Waals surface area contributed by atoms with Gasteiger partial charge in [-0.05, 0) is 0 Å². The molecule has 0 spiro atoms. The first-order valence-corrected chi connectivity index (χ1v) is 7.38. The van der Waals surface area contributed by atoms with Crippen LogP contribution in [-0.2, 0) is 28.5 Å². The third-order valence-corrected chi connectivity index (χ3v) is 1.76. The van der Waals surface area contributed by atoms with Gasteiger partial charge in [-0.25, -0.2) is 4.79 Å². The Hall–Kier alpha value is -1.07. The van der Waals surface area contributed by atoms with Crippen molar-refractivity contribution in [3.8, 4) is 0 Å². The van der Waals surface area contributed by atoms with Crippen molar-refractivity contribution in [3.05, 3.63) is 12.7 Å². The number of rotatable bonds is 14. The van der Waals surface area contributed by atoms with Gasteiger partial charge in [-0.3, -0.25) is 0 Å². The van der Waals surface area contributed by atoms with Gasteiger partial charge in [-0.2, -0.15) is 0 Å². The van der Waals surface area contributed by atoms with E-state index in [9.17, 15) is 4.79 Å². The van der Waals surface area contributed by atoms with Crippen molar-refractivity contribution in [1.82, 2.24) is 0 Å². The molecule has 0 fully saturated rings. The highest BCUT2D eigenvalue weighted by atomic mass is 16.6. The summed E-state index contributed by atoms with van der Waals surface area (Å²) in [5.41, 5.74) is 0. The molecule has 0 aliphatic carbocycles. The zero-order chi connectivity index (χ0) is 18.9. The van der Waals surface area contributed by atoms with Gasteiger partial charge in [0.15, 0.2) is 0 Å². The van der Waals surface area contributed by atoms with Crippen LogP contribution in [0.2, 0.25) is 0 Å². The summed E-state index contributed by atoms with van der Waals surface area (Å²) in [6.45, 7) is 6.75. The average Bonchev–Trinajstić information content (AvgIpc) is 2.57. The van der Waals surface area contributed by atoms with Crippen molar-refractivity contribution in [2.24, 2.45) is 0 Å². The summed E-state index contributed by atoms with van der Waals surface area (Å²) in [5.74, 6) is -0.981. The molecular weight excluding hydrogens is 324 g/mol. The van der Waals surface area contributed by atoms with E-state index in [1.807, 2.05) is 0 Å². The van der Waals surface area contributed by atoms with Gasteiger partial charge in [0, 0.05) is 20.3 Å². The first-order chi connectivity index (χ1) is 11.6. The second-order valence-electron chi connectivity index (χ2n) is 3.85. The van der Waals surface area contributed by atoms with Crippen molar-refractivity contribution < 1.29 is 43.8 Å². The summed E-state index contributed by atoms with van der Waals surface area (Å²) in [7, 11) is 3.25. The van der Waals surface area contributed by atoms with Gasteiger partial charge in [-0.1, -0.05) is 6.58 Å². The van der Waals surface area contributed by atoms with Crippen LogP contribution in [0, 0.1) is 0 Å². The Morgan fingerprint density at radius 3 is 1.17 bits per heavy atom. The van der Waals surface area contributed by atoms with Gasteiger partial charge < -0.3 is 39.0 Å². The van der Waals surface area contributed by atoms with Gasteiger partial charge in [0.25, 0.3) is 0 Å². The summed E-state index contributed by atoms with van der Waals surface area (Å²) in [6, 6.07) is 0. The lowest BCUT2D eigenvalue weighted by atomic mass is 10.7. The van der Waals surface area contributed by atoms with Crippen LogP contribution in [0.5, 0.6) is 0 Å². The van der Waals surface area contributed by atoms with E-state index in [1.165, 1.54) is 0 Å². The number of methoxy groups -OCH3 is 1. The summed E-state index contributed by atoms with van der Waals surface area (Å²) >= 11 is 0. The van der Waals surface area contributed by atoms with Crippen molar-refractivity contribution >= 4 is 5.97 Å². The Morgan fingerprint density at radius 2 is 1.00 bits per heavy atom. The Bertz CT molecular complexity index is 223. The first-order valence-electron chi connectivity index (χ1n) is 7.38. The molecule has 146 valence electrons. The number of carboxylic acid groups (broad SMARTS) is 1. The minimum absolute atomic E-state index is 0.0386. The van der Waals surface area contributed by atoms with Crippen LogP contribution in [0.4, 0.5) is 0 Å². The third kappa shape index (κ3) is 42.8. The molecule has 0 aromatic carbocycles. The van der Waals surface area contributed by atoms with Crippen molar-refractivity contribution in [3.63, 3.8) is 0 Å². The fraction of sp³-hybridized carbons (Fsp3) is 0.800. The Kier molecular flexibility index (Phi) is 34.6. The molecule has 9 nitrogen and oxygen atoms in total. The number of carbonyl (C=O) groups is 1. The van der Waals surface area contributed by atoms with E-state index in [4.69, 9.17) is 34.3 Å². The quantitative estimate of drug-likeness (QED) is 0.280. The lowest BCUT2D eigenvalue weighted by molar-refractivity contribution is -0.131. The van der Waals surface area contributed by atoms with Gasteiger partial charge in [0.1, 0.15) is 0 Å². The van der Waals surface area contributed by atoms with Crippen molar-refractivity contribution in [1.29, 1.82) is 0 Å². The molecule has 0 atom stereocenters. The molecule has 0 rings (SSSR count). The number of carboxylic acids is 1. The highest BCUT2D eigenvalue weighted by molar-refractivity contribution is 5.78. The Morgan fingerprint density at radius 1 is 0.792 bits per heavy atom. The summed E-state index contributed by atoms with van der Waals surface area (Å²) in [4.78, 5) is 9.25. The number of aliphatic hydroxyl groups is 2. The van der Waals surface area contributed by atoms with E-state index in [-0.39, 0.29) is 13.2 Å². The lowest BCUT2D eigenvalue weighted by Crippen LogP contribution is -2.13. The predicted molar refractivity (Wildman–Crippen MR) is 88.2 cm³/mol. The minimum Gasteiger partial charge on any atom is -0.478 e. The van der Waals surface area contributed by atoms with Gasteiger partial charge in [0.2, 0.25) is 0 Å². The molecule has 0 bridgehead atoms. The summed E-state index contributed by atoms with van der Waals surface area (Å²) < 4.78 is 24.6. The third-order valence-electron chi connectivity index (χ3n) is 1.76. The second-order valence-corrected chi connectivity index (χ2v) is 3.85. The molecule has 9 heteroatoms.